The van der Waals surface area contributed by atoms with Gasteiger partial charge < -0.3 is 0 Å². The van der Waals surface area contributed by atoms with E-state index in [2.05, 4.69) is 27.7 Å². The zero-order valence-corrected chi connectivity index (χ0v) is 7.69. The smallest absolute Gasteiger partial charge is 0.0389 e. The summed E-state index contributed by atoms with van der Waals surface area (Å²) in [5, 5.41) is 0. The van der Waals surface area contributed by atoms with Crippen molar-refractivity contribution in [3.63, 3.8) is 0 Å². The highest BCUT2D eigenvalue weighted by Gasteiger charge is 2.13. The molecular formula is C10H21. The Morgan fingerprint density at radius 1 is 0.900 bits per heavy atom. The zero-order chi connectivity index (χ0) is 7.98. The maximum absolute atomic E-state index is 3.97. The van der Waals surface area contributed by atoms with E-state index in [1.165, 1.54) is 19.3 Å². The molecule has 1 unspecified atom stereocenters. The van der Waals surface area contributed by atoms with Crippen LogP contribution in [0.3, 0.4) is 0 Å². The van der Waals surface area contributed by atoms with E-state index in [0.29, 0.717) is 0 Å². The first-order chi connectivity index (χ1) is 4.79. The van der Waals surface area contributed by atoms with Crippen molar-refractivity contribution in [1.82, 2.24) is 0 Å². The van der Waals surface area contributed by atoms with E-state index in [9.17, 15) is 0 Å². The highest BCUT2D eigenvalue weighted by atomic mass is 14.2. The average molecular weight is 141 g/mol. The van der Waals surface area contributed by atoms with Gasteiger partial charge >= 0.3 is 0 Å². The summed E-state index contributed by atoms with van der Waals surface area (Å²) < 4.78 is 0. The molecule has 61 valence electrons. The Morgan fingerprint density at radius 3 is 1.40 bits per heavy atom. The van der Waals surface area contributed by atoms with Crippen molar-refractivity contribution in [3.05, 3.63) is 6.92 Å². The minimum atomic E-state index is 0.870. The monoisotopic (exact) mass is 141 g/mol. The highest BCUT2D eigenvalue weighted by Crippen LogP contribution is 2.24. The first kappa shape index (κ1) is 10.0. The molecule has 0 fully saturated rings. The van der Waals surface area contributed by atoms with Crippen molar-refractivity contribution >= 4 is 0 Å². The predicted octanol–water partition coefficient (Wildman–Crippen LogP) is 3.67. The minimum absolute atomic E-state index is 0.870. The second-order valence-electron chi connectivity index (χ2n) is 3.03. The van der Waals surface area contributed by atoms with Gasteiger partial charge in [-0.1, -0.05) is 53.4 Å². The van der Waals surface area contributed by atoms with Crippen molar-refractivity contribution in [2.45, 2.75) is 46.5 Å². The zero-order valence-electron chi connectivity index (χ0n) is 7.69. The van der Waals surface area contributed by atoms with Crippen LogP contribution in [0.5, 0.6) is 0 Å². The maximum Gasteiger partial charge on any atom is -0.0389 e. The number of rotatable bonds is 5. The minimum Gasteiger partial charge on any atom is -0.0651 e. The van der Waals surface area contributed by atoms with Gasteiger partial charge in [0.15, 0.2) is 0 Å². The van der Waals surface area contributed by atoms with Crippen LogP contribution in [-0.2, 0) is 0 Å². The van der Waals surface area contributed by atoms with Crippen LogP contribution in [0.2, 0.25) is 0 Å². The van der Waals surface area contributed by atoms with Gasteiger partial charge in [0.1, 0.15) is 0 Å². The summed E-state index contributed by atoms with van der Waals surface area (Å²) in [6.45, 7) is 10.8. The van der Waals surface area contributed by atoms with Gasteiger partial charge in [0, 0.05) is 0 Å². The van der Waals surface area contributed by atoms with Gasteiger partial charge in [0.25, 0.3) is 0 Å². The van der Waals surface area contributed by atoms with Crippen molar-refractivity contribution in [2.75, 3.05) is 0 Å². The second-order valence-corrected chi connectivity index (χ2v) is 3.03. The molecule has 0 aromatic heterocycles. The molecule has 0 aromatic rings. The van der Waals surface area contributed by atoms with Gasteiger partial charge in [-0.2, -0.15) is 0 Å². The average Bonchev–Trinajstić information content (AvgIpc) is 2.00. The van der Waals surface area contributed by atoms with Gasteiger partial charge in [-0.05, 0) is 11.8 Å². The van der Waals surface area contributed by atoms with Crippen LogP contribution < -0.4 is 0 Å². The van der Waals surface area contributed by atoms with Crippen molar-refractivity contribution in [2.24, 2.45) is 11.8 Å². The lowest BCUT2D eigenvalue weighted by Crippen LogP contribution is -2.11. The van der Waals surface area contributed by atoms with Gasteiger partial charge in [-0.15, -0.1) is 0 Å². The quantitative estimate of drug-likeness (QED) is 0.548. The molecule has 0 bridgehead atoms. The molecule has 0 heterocycles. The molecule has 0 aliphatic rings. The molecule has 0 nitrogen and oxygen atoms in total. The predicted molar refractivity (Wildman–Crippen MR) is 47.8 cm³/mol. The number of hydrogen-bond donors (Lipinski definition) is 0. The lowest BCUT2D eigenvalue weighted by molar-refractivity contribution is 0.305. The van der Waals surface area contributed by atoms with Crippen LogP contribution in [0, 0.1) is 18.8 Å². The summed E-state index contributed by atoms with van der Waals surface area (Å²) in [4.78, 5) is 0. The van der Waals surface area contributed by atoms with E-state index in [1.54, 1.807) is 0 Å². The second kappa shape index (κ2) is 5.76. The normalized spacial score (nSPS) is 11.4. The standard InChI is InChI=1S/C10H21/c1-5-9(6-2)10(7-3)8-4/h9-10H,1,5-8H2,2-4H3. The topological polar surface area (TPSA) is 0 Å². The Balaban J connectivity index is 3.70. The molecule has 0 saturated carbocycles. The van der Waals surface area contributed by atoms with Crippen molar-refractivity contribution in [3.8, 4) is 0 Å². The van der Waals surface area contributed by atoms with Crippen LogP contribution in [0.1, 0.15) is 46.5 Å². The molecular weight excluding hydrogens is 120 g/mol. The van der Waals surface area contributed by atoms with E-state index in [4.69, 9.17) is 0 Å². The summed E-state index contributed by atoms with van der Waals surface area (Å²) in [7, 11) is 0. The van der Waals surface area contributed by atoms with E-state index >= 15 is 0 Å². The molecule has 10 heavy (non-hydrogen) atoms. The Kier molecular flexibility index (Phi) is 5.76. The molecule has 0 aliphatic carbocycles. The summed E-state index contributed by atoms with van der Waals surface area (Å²) in [5.41, 5.74) is 0. The van der Waals surface area contributed by atoms with Crippen LogP contribution >= 0.6 is 0 Å². The van der Waals surface area contributed by atoms with Crippen LogP contribution in [0.15, 0.2) is 0 Å². The van der Waals surface area contributed by atoms with Gasteiger partial charge in [-0.3, -0.25) is 0 Å². The largest absolute Gasteiger partial charge is 0.0651 e. The Bertz CT molecular complexity index is 48.4. The van der Waals surface area contributed by atoms with Crippen LogP contribution in [0.25, 0.3) is 0 Å². The molecule has 0 saturated heterocycles. The SMILES string of the molecule is [CH2]CC(CC)C(CC)CC. The molecule has 0 rings (SSSR count). The first-order valence-corrected chi connectivity index (χ1v) is 4.59. The molecule has 1 atom stereocenters. The van der Waals surface area contributed by atoms with Gasteiger partial charge in [0.2, 0.25) is 0 Å². The number of hydrogen-bond acceptors (Lipinski definition) is 0. The molecule has 1 radical (unpaired) electrons. The third-order valence-electron chi connectivity index (χ3n) is 2.61. The lowest BCUT2D eigenvalue weighted by atomic mass is 9.84. The van der Waals surface area contributed by atoms with Gasteiger partial charge in [0.05, 0.1) is 0 Å². The van der Waals surface area contributed by atoms with Crippen LogP contribution in [-0.4, -0.2) is 0 Å². The summed E-state index contributed by atoms with van der Waals surface area (Å²) in [6.07, 6.45) is 5.06. The maximum atomic E-state index is 3.97. The fraction of sp³-hybridized carbons (Fsp3) is 0.900. The third kappa shape index (κ3) is 2.72. The van der Waals surface area contributed by atoms with E-state index in [-0.39, 0.29) is 0 Å². The summed E-state index contributed by atoms with van der Waals surface area (Å²) >= 11 is 0. The third-order valence-corrected chi connectivity index (χ3v) is 2.61. The fourth-order valence-corrected chi connectivity index (χ4v) is 1.73. The van der Waals surface area contributed by atoms with Crippen molar-refractivity contribution in [1.29, 1.82) is 0 Å². The fourth-order valence-electron chi connectivity index (χ4n) is 1.73. The van der Waals surface area contributed by atoms with Crippen LogP contribution in [0.4, 0.5) is 0 Å². The first-order valence-electron chi connectivity index (χ1n) is 4.59. The van der Waals surface area contributed by atoms with Gasteiger partial charge in [-0.25, -0.2) is 0 Å². The van der Waals surface area contributed by atoms with E-state index in [0.717, 1.165) is 18.3 Å². The Morgan fingerprint density at radius 2 is 1.30 bits per heavy atom. The van der Waals surface area contributed by atoms with E-state index in [1.807, 2.05) is 0 Å². The molecule has 0 aliphatic heterocycles. The molecule has 0 aromatic carbocycles. The molecule has 0 heteroatoms. The molecule has 0 amide bonds. The van der Waals surface area contributed by atoms with Crippen molar-refractivity contribution < 1.29 is 0 Å². The lowest BCUT2D eigenvalue weighted by Gasteiger charge is -2.21. The summed E-state index contributed by atoms with van der Waals surface area (Å²) in [6, 6.07) is 0. The highest BCUT2D eigenvalue weighted by molar-refractivity contribution is 4.67. The summed E-state index contributed by atoms with van der Waals surface area (Å²) in [5.74, 6) is 1.79. The molecule has 0 spiro atoms. The van der Waals surface area contributed by atoms with E-state index < -0.39 is 0 Å². The Hall–Kier alpha value is 0. The molecule has 0 N–H and O–H groups in total. The Labute approximate surface area is 66.0 Å².